The highest BCUT2D eigenvalue weighted by Gasteiger charge is 2.34. The second-order valence-electron chi connectivity index (χ2n) is 5.98. The number of thioether (sulfide) groups is 1. The summed E-state index contributed by atoms with van der Waals surface area (Å²) >= 11 is 2.13. The van der Waals surface area contributed by atoms with E-state index in [1.165, 1.54) is 69.7 Å². The van der Waals surface area contributed by atoms with Gasteiger partial charge in [0, 0.05) is 36.7 Å². The average Bonchev–Trinajstić information content (AvgIpc) is 2.40. The van der Waals surface area contributed by atoms with Crippen LogP contribution in [0.1, 0.15) is 38.5 Å². The van der Waals surface area contributed by atoms with Crippen molar-refractivity contribution in [1.29, 1.82) is 0 Å². The van der Waals surface area contributed by atoms with E-state index in [9.17, 15) is 0 Å². The Bertz CT molecular complexity index is 238. The van der Waals surface area contributed by atoms with Crippen LogP contribution < -0.4 is 5.32 Å². The summed E-state index contributed by atoms with van der Waals surface area (Å²) < 4.78 is 0. The predicted octanol–water partition coefficient (Wildman–Crippen LogP) is 2.35. The van der Waals surface area contributed by atoms with Gasteiger partial charge in [-0.2, -0.15) is 11.8 Å². The molecule has 0 bridgehead atoms. The number of rotatable bonds is 2. The van der Waals surface area contributed by atoms with Crippen LogP contribution in [0, 0.1) is 5.92 Å². The minimum atomic E-state index is 0.759. The summed E-state index contributed by atoms with van der Waals surface area (Å²) in [6.45, 7) is 3.90. The summed E-state index contributed by atoms with van der Waals surface area (Å²) in [6.07, 6.45) is 8.91. The van der Waals surface area contributed by atoms with Crippen LogP contribution in [0.15, 0.2) is 0 Å². The van der Waals surface area contributed by atoms with E-state index >= 15 is 0 Å². The first-order chi connectivity index (χ1) is 8.43. The van der Waals surface area contributed by atoms with E-state index < -0.39 is 0 Å². The van der Waals surface area contributed by atoms with Gasteiger partial charge in [-0.3, -0.25) is 4.90 Å². The zero-order chi connectivity index (χ0) is 11.5. The highest BCUT2D eigenvalue weighted by molar-refractivity contribution is 7.99. The molecule has 2 aliphatic heterocycles. The summed E-state index contributed by atoms with van der Waals surface area (Å²) in [4.78, 5) is 2.83. The molecule has 98 valence electrons. The number of piperidine rings is 1. The van der Waals surface area contributed by atoms with Gasteiger partial charge in [-0.05, 0) is 38.1 Å². The molecule has 0 aromatic carbocycles. The van der Waals surface area contributed by atoms with Gasteiger partial charge in [0.25, 0.3) is 0 Å². The molecule has 0 aromatic heterocycles. The first kappa shape index (κ1) is 12.3. The summed E-state index contributed by atoms with van der Waals surface area (Å²) in [7, 11) is 0. The number of likely N-dealkylation sites (tertiary alicyclic amines) is 1. The maximum Gasteiger partial charge on any atom is 0.0286 e. The maximum atomic E-state index is 3.70. The number of hydrogen-bond acceptors (Lipinski definition) is 3. The average molecular weight is 254 g/mol. The lowest BCUT2D eigenvalue weighted by Gasteiger charge is -2.45. The standard InChI is InChI=1S/C14H26N2S/c1-2-6-14-12(4-1)5-3-8-16(14)10-13-11-17-9-7-15-13/h12-15H,1-11H2/t12-,13?,14-/m1/s1. The van der Waals surface area contributed by atoms with Crippen molar-refractivity contribution in [1.82, 2.24) is 10.2 Å². The fraction of sp³-hybridized carbons (Fsp3) is 1.00. The minimum Gasteiger partial charge on any atom is -0.311 e. The Morgan fingerprint density at radius 1 is 1.12 bits per heavy atom. The van der Waals surface area contributed by atoms with Gasteiger partial charge in [0.15, 0.2) is 0 Å². The van der Waals surface area contributed by atoms with Crippen molar-refractivity contribution in [2.45, 2.75) is 50.6 Å². The smallest absolute Gasteiger partial charge is 0.0286 e. The summed E-state index contributed by atoms with van der Waals surface area (Å²) in [5.74, 6) is 3.67. The highest BCUT2D eigenvalue weighted by Crippen LogP contribution is 2.35. The highest BCUT2D eigenvalue weighted by atomic mass is 32.2. The normalized spacial score (nSPS) is 39.9. The fourth-order valence-electron chi connectivity index (χ4n) is 3.97. The molecule has 0 amide bonds. The zero-order valence-corrected chi connectivity index (χ0v) is 11.7. The van der Waals surface area contributed by atoms with E-state index in [1.54, 1.807) is 0 Å². The molecule has 1 unspecified atom stereocenters. The fourth-order valence-corrected chi connectivity index (χ4v) is 4.91. The van der Waals surface area contributed by atoms with Gasteiger partial charge in [-0.1, -0.05) is 12.8 Å². The number of hydrogen-bond donors (Lipinski definition) is 1. The molecule has 1 aliphatic carbocycles. The first-order valence-corrected chi connectivity index (χ1v) is 8.64. The second-order valence-corrected chi connectivity index (χ2v) is 7.12. The van der Waals surface area contributed by atoms with Crippen molar-refractivity contribution >= 4 is 11.8 Å². The number of nitrogens with one attached hydrogen (secondary N) is 1. The van der Waals surface area contributed by atoms with Crippen LogP contribution in [-0.4, -0.2) is 48.1 Å². The second kappa shape index (κ2) is 5.94. The van der Waals surface area contributed by atoms with Crippen molar-refractivity contribution in [2.24, 2.45) is 5.92 Å². The van der Waals surface area contributed by atoms with Gasteiger partial charge in [0.1, 0.15) is 0 Å². The Kier molecular flexibility index (Phi) is 4.30. The van der Waals surface area contributed by atoms with E-state index in [4.69, 9.17) is 0 Å². The Labute approximate surface area is 110 Å². The predicted molar refractivity (Wildman–Crippen MR) is 75.7 cm³/mol. The monoisotopic (exact) mass is 254 g/mol. The third-order valence-corrected chi connectivity index (χ3v) is 5.94. The van der Waals surface area contributed by atoms with E-state index in [-0.39, 0.29) is 0 Å². The third-order valence-electron chi connectivity index (χ3n) is 4.81. The van der Waals surface area contributed by atoms with Crippen LogP contribution in [0.3, 0.4) is 0 Å². The van der Waals surface area contributed by atoms with E-state index in [0.29, 0.717) is 0 Å². The van der Waals surface area contributed by atoms with Gasteiger partial charge in [-0.25, -0.2) is 0 Å². The Hall–Kier alpha value is 0.270. The van der Waals surface area contributed by atoms with Gasteiger partial charge in [0.05, 0.1) is 0 Å². The molecule has 3 atom stereocenters. The molecule has 0 radical (unpaired) electrons. The molecule has 0 aromatic rings. The molecule has 3 fully saturated rings. The first-order valence-electron chi connectivity index (χ1n) is 7.48. The number of fused-ring (bicyclic) bond motifs is 1. The van der Waals surface area contributed by atoms with Gasteiger partial charge in [-0.15, -0.1) is 0 Å². The SMILES string of the molecule is C1CC[C@@H]2[C@H](C1)CCCN2CC1CSCCN1. The molecule has 1 saturated carbocycles. The van der Waals surface area contributed by atoms with Crippen molar-refractivity contribution in [3.05, 3.63) is 0 Å². The lowest BCUT2D eigenvalue weighted by molar-refractivity contribution is 0.0548. The maximum absolute atomic E-state index is 3.70. The zero-order valence-electron chi connectivity index (χ0n) is 10.9. The Balaban J connectivity index is 1.56. The molecule has 2 saturated heterocycles. The molecule has 3 rings (SSSR count). The van der Waals surface area contributed by atoms with Gasteiger partial charge >= 0.3 is 0 Å². The molecule has 2 nitrogen and oxygen atoms in total. The Morgan fingerprint density at radius 3 is 2.88 bits per heavy atom. The van der Waals surface area contributed by atoms with Gasteiger partial charge in [0.2, 0.25) is 0 Å². The van der Waals surface area contributed by atoms with Crippen LogP contribution in [0.4, 0.5) is 0 Å². The lowest BCUT2D eigenvalue weighted by atomic mass is 9.78. The van der Waals surface area contributed by atoms with E-state index in [1.807, 2.05) is 0 Å². The molecule has 17 heavy (non-hydrogen) atoms. The van der Waals surface area contributed by atoms with Crippen molar-refractivity contribution in [3.63, 3.8) is 0 Å². The Morgan fingerprint density at radius 2 is 2.00 bits per heavy atom. The van der Waals surface area contributed by atoms with Crippen molar-refractivity contribution < 1.29 is 0 Å². The summed E-state index contributed by atoms with van der Waals surface area (Å²) in [6, 6.07) is 1.70. The van der Waals surface area contributed by atoms with Crippen LogP contribution in [-0.2, 0) is 0 Å². The molecule has 3 heteroatoms. The molecule has 1 N–H and O–H groups in total. The summed E-state index contributed by atoms with van der Waals surface area (Å²) in [5, 5.41) is 3.70. The largest absolute Gasteiger partial charge is 0.311 e. The van der Waals surface area contributed by atoms with Crippen molar-refractivity contribution in [3.8, 4) is 0 Å². The lowest BCUT2D eigenvalue weighted by Crippen LogP contribution is -2.53. The molecule has 3 aliphatic rings. The quantitative estimate of drug-likeness (QED) is 0.814. The molecule has 0 spiro atoms. The van der Waals surface area contributed by atoms with Crippen LogP contribution >= 0.6 is 11.8 Å². The minimum absolute atomic E-state index is 0.759. The number of nitrogens with zero attached hydrogens (tertiary/aromatic N) is 1. The molecular weight excluding hydrogens is 228 g/mol. The molecule has 2 heterocycles. The van der Waals surface area contributed by atoms with Crippen LogP contribution in [0.25, 0.3) is 0 Å². The molecular formula is C14H26N2S. The van der Waals surface area contributed by atoms with Crippen molar-refractivity contribution in [2.75, 3.05) is 31.1 Å². The van der Waals surface area contributed by atoms with E-state index in [0.717, 1.165) is 18.0 Å². The van der Waals surface area contributed by atoms with Gasteiger partial charge < -0.3 is 5.32 Å². The topological polar surface area (TPSA) is 15.3 Å². The van der Waals surface area contributed by atoms with Crippen LogP contribution in [0.5, 0.6) is 0 Å². The third kappa shape index (κ3) is 2.99. The van der Waals surface area contributed by atoms with E-state index in [2.05, 4.69) is 22.0 Å². The van der Waals surface area contributed by atoms with Crippen LogP contribution in [0.2, 0.25) is 0 Å². The summed E-state index contributed by atoms with van der Waals surface area (Å²) in [5.41, 5.74) is 0.